The maximum atomic E-state index is 14.0. The average molecular weight is 428 g/mol. The number of halogens is 3. The number of carbonyl (C=O) groups excluding carboxylic acids is 1. The van der Waals surface area contributed by atoms with Crippen molar-refractivity contribution in [2.75, 3.05) is 0 Å². The lowest BCUT2D eigenvalue weighted by molar-refractivity contribution is -0.140. The third-order valence-electron chi connectivity index (χ3n) is 5.26. The van der Waals surface area contributed by atoms with E-state index in [9.17, 15) is 23.5 Å². The van der Waals surface area contributed by atoms with Gasteiger partial charge < -0.3 is 10.0 Å². The number of nitrogens with zero attached hydrogens (tertiary/aromatic N) is 1. The number of hydrogen-bond acceptors (Lipinski definition) is 2. The highest BCUT2D eigenvalue weighted by atomic mass is 35.5. The highest BCUT2D eigenvalue weighted by molar-refractivity contribution is 6.30. The van der Waals surface area contributed by atoms with Crippen LogP contribution in [0.2, 0.25) is 5.02 Å². The molecule has 3 aromatic rings. The molecule has 7 heteroatoms. The van der Waals surface area contributed by atoms with Crippen molar-refractivity contribution in [1.29, 1.82) is 0 Å². The topological polar surface area (TPSA) is 57.6 Å². The van der Waals surface area contributed by atoms with E-state index in [0.717, 1.165) is 17.7 Å². The first kappa shape index (κ1) is 20.0. The molecule has 2 unspecified atom stereocenters. The van der Waals surface area contributed by atoms with Crippen LogP contribution < -0.4 is 0 Å². The Balaban J connectivity index is 1.89. The molecule has 0 spiro atoms. The summed E-state index contributed by atoms with van der Waals surface area (Å²) < 4.78 is 27.5. The number of aliphatic carboxylic acids is 1. The Morgan fingerprint density at radius 3 is 2.37 bits per heavy atom. The van der Waals surface area contributed by atoms with Crippen molar-refractivity contribution in [1.82, 2.24) is 4.90 Å². The van der Waals surface area contributed by atoms with Crippen molar-refractivity contribution in [2.24, 2.45) is 0 Å². The van der Waals surface area contributed by atoms with Crippen LogP contribution in [0.5, 0.6) is 0 Å². The second-order valence-corrected chi connectivity index (χ2v) is 7.52. The van der Waals surface area contributed by atoms with Crippen LogP contribution in [0.15, 0.2) is 66.7 Å². The number of fused-ring (bicyclic) bond motifs is 1. The van der Waals surface area contributed by atoms with E-state index in [1.54, 1.807) is 48.5 Å². The van der Waals surface area contributed by atoms with E-state index in [1.165, 1.54) is 11.0 Å². The standard InChI is InChI=1S/C23H16ClF2NO3/c24-15-8-5-13(6-9-15)12-27-21(14-7-10-18(25)19(26)11-14)20(23(29)30)16-3-1-2-4-17(16)22(27)28/h1-11,20-21H,12H2,(H,29,30). The van der Waals surface area contributed by atoms with Crippen LogP contribution >= 0.6 is 11.6 Å². The van der Waals surface area contributed by atoms with Gasteiger partial charge in [-0.1, -0.05) is 48.0 Å². The number of carbonyl (C=O) groups is 2. The molecule has 0 aromatic heterocycles. The van der Waals surface area contributed by atoms with Crippen LogP contribution in [0.3, 0.4) is 0 Å². The minimum Gasteiger partial charge on any atom is -0.481 e. The Morgan fingerprint density at radius 1 is 1.00 bits per heavy atom. The molecule has 1 amide bonds. The van der Waals surface area contributed by atoms with E-state index < -0.39 is 29.6 Å². The first-order valence-electron chi connectivity index (χ1n) is 9.19. The van der Waals surface area contributed by atoms with Gasteiger partial charge >= 0.3 is 5.97 Å². The van der Waals surface area contributed by atoms with Gasteiger partial charge in [0.2, 0.25) is 0 Å². The molecule has 1 heterocycles. The summed E-state index contributed by atoms with van der Waals surface area (Å²) in [6.45, 7) is 0.0811. The van der Waals surface area contributed by atoms with Gasteiger partial charge in [0.25, 0.3) is 5.91 Å². The second kappa shape index (κ2) is 7.88. The SMILES string of the molecule is O=C(O)C1c2ccccc2C(=O)N(Cc2ccc(Cl)cc2)C1c1ccc(F)c(F)c1. The molecular weight excluding hydrogens is 412 g/mol. The fourth-order valence-corrected chi connectivity index (χ4v) is 4.01. The number of hydrogen-bond donors (Lipinski definition) is 1. The Labute approximate surface area is 176 Å². The van der Waals surface area contributed by atoms with Crippen molar-refractivity contribution in [3.05, 3.63) is 106 Å². The van der Waals surface area contributed by atoms with Gasteiger partial charge in [0.1, 0.15) is 5.92 Å². The third kappa shape index (κ3) is 3.55. The van der Waals surface area contributed by atoms with Crippen molar-refractivity contribution in [3.63, 3.8) is 0 Å². The van der Waals surface area contributed by atoms with E-state index in [0.29, 0.717) is 10.6 Å². The maximum Gasteiger partial charge on any atom is 0.313 e. The van der Waals surface area contributed by atoms with Crippen LogP contribution in [-0.2, 0) is 11.3 Å². The lowest BCUT2D eigenvalue weighted by Crippen LogP contribution is -2.44. The molecule has 2 atom stereocenters. The molecule has 1 aliphatic heterocycles. The highest BCUT2D eigenvalue weighted by Gasteiger charge is 2.44. The summed E-state index contributed by atoms with van der Waals surface area (Å²) in [5.74, 6) is -4.83. The molecule has 4 rings (SSSR count). The summed E-state index contributed by atoms with van der Waals surface area (Å²) in [5, 5.41) is 10.5. The molecule has 0 saturated carbocycles. The molecule has 0 bridgehead atoms. The monoisotopic (exact) mass is 427 g/mol. The van der Waals surface area contributed by atoms with Crippen molar-refractivity contribution in [2.45, 2.75) is 18.5 Å². The van der Waals surface area contributed by atoms with Crippen LogP contribution in [0, 0.1) is 11.6 Å². The summed E-state index contributed by atoms with van der Waals surface area (Å²) in [6, 6.07) is 15.4. The first-order valence-corrected chi connectivity index (χ1v) is 9.56. The molecular formula is C23H16ClF2NO3. The van der Waals surface area contributed by atoms with E-state index in [2.05, 4.69) is 0 Å². The Hall–Kier alpha value is -3.25. The summed E-state index contributed by atoms with van der Waals surface area (Å²) in [5.41, 5.74) is 1.55. The number of carboxylic acids is 1. The molecule has 1 aliphatic rings. The predicted molar refractivity (Wildman–Crippen MR) is 107 cm³/mol. The quantitative estimate of drug-likeness (QED) is 0.624. The molecule has 0 aliphatic carbocycles. The van der Waals surface area contributed by atoms with Crippen LogP contribution in [0.25, 0.3) is 0 Å². The molecule has 0 saturated heterocycles. The molecule has 152 valence electrons. The Morgan fingerprint density at radius 2 is 1.70 bits per heavy atom. The van der Waals surface area contributed by atoms with Gasteiger partial charge in [-0.3, -0.25) is 9.59 Å². The third-order valence-corrected chi connectivity index (χ3v) is 5.51. The minimum atomic E-state index is -1.16. The fourth-order valence-electron chi connectivity index (χ4n) is 3.89. The van der Waals surface area contributed by atoms with Crippen LogP contribution in [0.4, 0.5) is 8.78 Å². The molecule has 1 N–H and O–H groups in total. The Bertz CT molecular complexity index is 1130. The van der Waals surface area contributed by atoms with Gasteiger partial charge in [0.05, 0.1) is 6.04 Å². The van der Waals surface area contributed by atoms with Gasteiger partial charge in [-0.05, 0) is 47.0 Å². The lowest BCUT2D eigenvalue weighted by atomic mass is 9.79. The Kier molecular flexibility index (Phi) is 5.26. The average Bonchev–Trinajstić information content (AvgIpc) is 2.73. The van der Waals surface area contributed by atoms with Crippen LogP contribution in [-0.4, -0.2) is 21.9 Å². The molecule has 4 nitrogen and oxygen atoms in total. The largest absolute Gasteiger partial charge is 0.481 e. The second-order valence-electron chi connectivity index (χ2n) is 7.08. The van der Waals surface area contributed by atoms with Gasteiger partial charge in [0, 0.05) is 17.1 Å². The predicted octanol–water partition coefficient (Wildman–Crippen LogP) is 5.18. The van der Waals surface area contributed by atoms with Crippen molar-refractivity contribution in [3.8, 4) is 0 Å². The number of rotatable bonds is 4. The normalized spacial score (nSPS) is 18.2. The van der Waals surface area contributed by atoms with Gasteiger partial charge in [-0.2, -0.15) is 0 Å². The number of amides is 1. The molecule has 3 aromatic carbocycles. The highest BCUT2D eigenvalue weighted by Crippen LogP contribution is 2.43. The van der Waals surface area contributed by atoms with Gasteiger partial charge in [-0.25, -0.2) is 8.78 Å². The van der Waals surface area contributed by atoms with Crippen molar-refractivity contribution < 1.29 is 23.5 Å². The lowest BCUT2D eigenvalue weighted by Gasteiger charge is -2.41. The minimum absolute atomic E-state index is 0.0811. The zero-order valence-corrected chi connectivity index (χ0v) is 16.3. The fraction of sp³-hybridized carbons (Fsp3) is 0.130. The van der Waals surface area contributed by atoms with Gasteiger partial charge in [0.15, 0.2) is 11.6 Å². The molecule has 0 fully saturated rings. The van der Waals surface area contributed by atoms with Crippen molar-refractivity contribution >= 4 is 23.5 Å². The zero-order valence-electron chi connectivity index (χ0n) is 15.6. The number of benzene rings is 3. The maximum absolute atomic E-state index is 14.0. The summed E-state index contributed by atoms with van der Waals surface area (Å²) in [7, 11) is 0. The zero-order chi connectivity index (χ0) is 21.4. The van der Waals surface area contributed by atoms with E-state index in [1.807, 2.05) is 0 Å². The number of carboxylic acid groups (broad SMARTS) is 1. The summed E-state index contributed by atoms with van der Waals surface area (Å²) in [6.07, 6.45) is 0. The van der Waals surface area contributed by atoms with E-state index in [-0.39, 0.29) is 23.6 Å². The van der Waals surface area contributed by atoms with Gasteiger partial charge in [-0.15, -0.1) is 0 Å². The smallest absolute Gasteiger partial charge is 0.313 e. The first-order chi connectivity index (χ1) is 14.4. The summed E-state index contributed by atoms with van der Waals surface area (Å²) >= 11 is 5.94. The molecule has 0 radical (unpaired) electrons. The molecule has 30 heavy (non-hydrogen) atoms. The van der Waals surface area contributed by atoms with Crippen LogP contribution in [0.1, 0.15) is 39.0 Å². The summed E-state index contributed by atoms with van der Waals surface area (Å²) in [4.78, 5) is 27.0. The van der Waals surface area contributed by atoms with E-state index >= 15 is 0 Å². The van der Waals surface area contributed by atoms with E-state index in [4.69, 9.17) is 11.6 Å².